The van der Waals surface area contributed by atoms with Crippen LogP contribution in [0.15, 0.2) is 33.8 Å². The second kappa shape index (κ2) is 7.56. The predicted octanol–water partition coefficient (Wildman–Crippen LogP) is 3.96. The van der Waals surface area contributed by atoms with E-state index >= 15 is 0 Å². The van der Waals surface area contributed by atoms with Crippen LogP contribution in [0.4, 0.5) is 0 Å². The van der Waals surface area contributed by atoms with E-state index in [4.69, 9.17) is 4.74 Å². The molecule has 0 saturated heterocycles. The number of halogens is 1. The summed E-state index contributed by atoms with van der Waals surface area (Å²) in [6, 6.07) is 7.70. The maximum atomic E-state index is 11.7. The van der Waals surface area contributed by atoms with E-state index in [-0.39, 0.29) is 12.5 Å². The SMILES string of the molecule is Cc1ccc(OCC(=O)N/N=C/c2cc(Br)c(C)s2)cc1C. The van der Waals surface area contributed by atoms with E-state index in [0.717, 1.165) is 14.9 Å². The lowest BCUT2D eigenvalue weighted by Crippen LogP contribution is -2.24. The summed E-state index contributed by atoms with van der Waals surface area (Å²) in [4.78, 5) is 13.8. The molecule has 1 amide bonds. The molecule has 0 bridgehead atoms. The van der Waals surface area contributed by atoms with Crippen molar-refractivity contribution in [1.29, 1.82) is 0 Å². The van der Waals surface area contributed by atoms with Crippen molar-refractivity contribution in [1.82, 2.24) is 5.43 Å². The molecular weight excluding hydrogens is 364 g/mol. The third-order valence-electron chi connectivity index (χ3n) is 3.11. The standard InChI is InChI=1S/C16H17BrN2O2S/c1-10-4-5-13(6-11(10)2)21-9-16(20)19-18-8-14-7-15(17)12(3)22-14/h4-8H,9H2,1-3H3,(H,19,20)/b18-8+. The third-order valence-corrected chi connectivity index (χ3v) is 5.18. The summed E-state index contributed by atoms with van der Waals surface area (Å²) < 4.78 is 6.48. The molecule has 0 unspecified atom stereocenters. The largest absolute Gasteiger partial charge is 0.484 e. The smallest absolute Gasteiger partial charge is 0.277 e. The number of benzene rings is 1. The van der Waals surface area contributed by atoms with Crippen LogP contribution in [0.5, 0.6) is 5.75 Å². The van der Waals surface area contributed by atoms with Crippen LogP contribution in [0, 0.1) is 20.8 Å². The molecule has 1 aromatic carbocycles. The Morgan fingerprint density at radius 2 is 2.09 bits per heavy atom. The zero-order valence-corrected chi connectivity index (χ0v) is 15.0. The number of carbonyl (C=O) groups excluding carboxylic acids is 1. The van der Waals surface area contributed by atoms with E-state index in [1.807, 2.05) is 45.0 Å². The molecule has 0 aliphatic carbocycles. The Hall–Kier alpha value is -1.66. The van der Waals surface area contributed by atoms with Crippen molar-refractivity contribution in [2.75, 3.05) is 6.61 Å². The highest BCUT2D eigenvalue weighted by Gasteiger charge is 2.03. The van der Waals surface area contributed by atoms with Gasteiger partial charge >= 0.3 is 0 Å². The van der Waals surface area contributed by atoms with Crippen molar-refractivity contribution < 1.29 is 9.53 Å². The molecule has 1 aromatic heterocycles. The van der Waals surface area contributed by atoms with Crippen LogP contribution >= 0.6 is 27.3 Å². The number of aryl methyl sites for hydroxylation is 3. The summed E-state index contributed by atoms with van der Waals surface area (Å²) in [5.41, 5.74) is 4.78. The fraction of sp³-hybridized carbons (Fsp3) is 0.250. The minimum Gasteiger partial charge on any atom is -0.484 e. The normalized spacial score (nSPS) is 10.9. The highest BCUT2D eigenvalue weighted by Crippen LogP contribution is 2.24. The molecule has 4 nitrogen and oxygen atoms in total. The second-order valence-electron chi connectivity index (χ2n) is 4.88. The highest BCUT2D eigenvalue weighted by atomic mass is 79.9. The molecular formula is C16H17BrN2O2S. The number of hydrazone groups is 1. The minimum atomic E-state index is -0.290. The van der Waals surface area contributed by atoms with Crippen molar-refractivity contribution in [3.05, 3.63) is 49.6 Å². The lowest BCUT2D eigenvalue weighted by atomic mass is 10.1. The minimum absolute atomic E-state index is 0.0625. The fourth-order valence-corrected chi connectivity index (χ4v) is 3.13. The van der Waals surface area contributed by atoms with Crippen LogP contribution in [0.1, 0.15) is 20.9 Å². The Kier molecular flexibility index (Phi) is 5.74. The van der Waals surface area contributed by atoms with Gasteiger partial charge in [-0.3, -0.25) is 4.79 Å². The summed E-state index contributed by atoms with van der Waals surface area (Å²) in [5, 5.41) is 3.92. The van der Waals surface area contributed by atoms with Gasteiger partial charge in [0.1, 0.15) is 5.75 Å². The van der Waals surface area contributed by atoms with E-state index in [1.54, 1.807) is 17.6 Å². The Labute approximate surface area is 142 Å². The summed E-state index contributed by atoms with van der Waals surface area (Å²) in [6.45, 7) is 5.99. The first-order valence-electron chi connectivity index (χ1n) is 6.73. The van der Waals surface area contributed by atoms with Gasteiger partial charge in [0.25, 0.3) is 5.91 Å². The van der Waals surface area contributed by atoms with Crippen LogP contribution in [0.2, 0.25) is 0 Å². The number of hydrogen-bond donors (Lipinski definition) is 1. The molecule has 1 N–H and O–H groups in total. The first-order valence-corrected chi connectivity index (χ1v) is 8.34. The van der Waals surface area contributed by atoms with Gasteiger partial charge in [0.15, 0.2) is 6.61 Å². The summed E-state index contributed by atoms with van der Waals surface area (Å²) >= 11 is 5.04. The summed E-state index contributed by atoms with van der Waals surface area (Å²) in [6.07, 6.45) is 1.62. The third kappa shape index (κ3) is 4.68. The first kappa shape index (κ1) is 16.7. The van der Waals surface area contributed by atoms with Crippen LogP contribution in [-0.2, 0) is 4.79 Å². The monoisotopic (exact) mass is 380 g/mol. The van der Waals surface area contributed by atoms with Crippen molar-refractivity contribution >= 4 is 39.4 Å². The van der Waals surface area contributed by atoms with Crippen molar-refractivity contribution in [3.8, 4) is 5.75 Å². The summed E-state index contributed by atoms with van der Waals surface area (Å²) in [7, 11) is 0. The fourth-order valence-electron chi connectivity index (χ4n) is 1.70. The van der Waals surface area contributed by atoms with Gasteiger partial charge in [-0.25, -0.2) is 5.43 Å². The average Bonchev–Trinajstić information content (AvgIpc) is 2.79. The van der Waals surface area contributed by atoms with E-state index < -0.39 is 0 Å². The number of nitrogens with zero attached hydrogens (tertiary/aromatic N) is 1. The zero-order valence-electron chi connectivity index (χ0n) is 12.6. The lowest BCUT2D eigenvalue weighted by Gasteiger charge is -2.07. The van der Waals surface area contributed by atoms with E-state index in [2.05, 4.69) is 26.5 Å². The number of amides is 1. The molecule has 22 heavy (non-hydrogen) atoms. The van der Waals surface area contributed by atoms with Crippen LogP contribution < -0.4 is 10.2 Å². The molecule has 116 valence electrons. The molecule has 6 heteroatoms. The van der Waals surface area contributed by atoms with E-state index in [0.29, 0.717) is 5.75 Å². The quantitative estimate of drug-likeness (QED) is 0.630. The number of rotatable bonds is 5. The Morgan fingerprint density at radius 1 is 1.32 bits per heavy atom. The Morgan fingerprint density at radius 3 is 2.73 bits per heavy atom. The maximum Gasteiger partial charge on any atom is 0.277 e. The molecule has 0 aliphatic rings. The highest BCUT2D eigenvalue weighted by molar-refractivity contribution is 9.10. The molecule has 0 spiro atoms. The van der Waals surface area contributed by atoms with Crippen molar-refractivity contribution in [2.45, 2.75) is 20.8 Å². The van der Waals surface area contributed by atoms with Crippen LogP contribution in [-0.4, -0.2) is 18.7 Å². The van der Waals surface area contributed by atoms with Gasteiger partial charge in [-0.05, 0) is 66.0 Å². The van der Waals surface area contributed by atoms with Crippen molar-refractivity contribution in [2.24, 2.45) is 5.10 Å². The van der Waals surface area contributed by atoms with Gasteiger partial charge in [-0.1, -0.05) is 6.07 Å². The molecule has 2 rings (SSSR count). The van der Waals surface area contributed by atoms with Crippen LogP contribution in [0.3, 0.4) is 0 Å². The lowest BCUT2D eigenvalue weighted by molar-refractivity contribution is -0.123. The Bertz CT molecular complexity index is 691. The maximum absolute atomic E-state index is 11.7. The average molecular weight is 381 g/mol. The summed E-state index contributed by atoms with van der Waals surface area (Å²) in [5.74, 6) is 0.391. The Balaban J connectivity index is 1.81. The molecule has 0 atom stereocenters. The molecule has 2 aromatic rings. The number of thiophene rings is 1. The number of hydrogen-bond acceptors (Lipinski definition) is 4. The predicted molar refractivity (Wildman–Crippen MR) is 93.9 cm³/mol. The number of ether oxygens (including phenoxy) is 1. The van der Waals surface area contributed by atoms with Crippen molar-refractivity contribution in [3.63, 3.8) is 0 Å². The molecule has 0 fully saturated rings. The topological polar surface area (TPSA) is 50.7 Å². The number of nitrogens with one attached hydrogen (secondary N) is 1. The molecule has 0 aliphatic heterocycles. The number of carbonyl (C=O) groups is 1. The van der Waals surface area contributed by atoms with E-state index in [1.165, 1.54) is 10.4 Å². The van der Waals surface area contributed by atoms with Gasteiger partial charge in [0, 0.05) is 14.2 Å². The van der Waals surface area contributed by atoms with Gasteiger partial charge in [0.2, 0.25) is 0 Å². The second-order valence-corrected chi connectivity index (χ2v) is 7.02. The van der Waals surface area contributed by atoms with Gasteiger partial charge in [0.05, 0.1) is 6.21 Å². The molecule has 0 saturated carbocycles. The first-order chi connectivity index (χ1) is 10.5. The van der Waals surface area contributed by atoms with Gasteiger partial charge in [-0.2, -0.15) is 5.10 Å². The van der Waals surface area contributed by atoms with Gasteiger partial charge < -0.3 is 4.74 Å². The van der Waals surface area contributed by atoms with Crippen LogP contribution in [0.25, 0.3) is 0 Å². The van der Waals surface area contributed by atoms with Gasteiger partial charge in [-0.15, -0.1) is 11.3 Å². The zero-order chi connectivity index (χ0) is 16.1. The molecule has 0 radical (unpaired) electrons. The van der Waals surface area contributed by atoms with E-state index in [9.17, 15) is 4.79 Å². The molecule has 1 heterocycles.